The van der Waals surface area contributed by atoms with Crippen molar-refractivity contribution in [3.8, 4) is 11.4 Å². The molecule has 100 valence electrons. The fourth-order valence-corrected chi connectivity index (χ4v) is 1.91. The highest BCUT2D eigenvalue weighted by atomic mass is 19.1. The van der Waals surface area contributed by atoms with E-state index in [4.69, 9.17) is 14.0 Å². The Bertz CT molecular complexity index is 579. The van der Waals surface area contributed by atoms with E-state index < -0.39 is 0 Å². The number of hydrogen-bond acceptors (Lipinski definition) is 5. The third-order valence-corrected chi connectivity index (χ3v) is 2.90. The number of aromatic nitrogens is 2. The van der Waals surface area contributed by atoms with Crippen LogP contribution in [0.2, 0.25) is 0 Å². The van der Waals surface area contributed by atoms with Gasteiger partial charge in [-0.3, -0.25) is 0 Å². The summed E-state index contributed by atoms with van der Waals surface area (Å²) in [6, 6.07) is 4.87. The number of benzene rings is 1. The van der Waals surface area contributed by atoms with Crippen molar-refractivity contribution in [2.24, 2.45) is 0 Å². The van der Waals surface area contributed by atoms with Gasteiger partial charge < -0.3 is 14.0 Å². The minimum atomic E-state index is -0.372. The van der Waals surface area contributed by atoms with Crippen LogP contribution < -0.4 is 0 Å². The summed E-state index contributed by atoms with van der Waals surface area (Å²) in [6.07, 6.45) is -0.372. The minimum absolute atomic E-state index is 0.224. The number of halogens is 1. The molecule has 1 aliphatic rings. The van der Waals surface area contributed by atoms with Crippen molar-refractivity contribution in [2.45, 2.75) is 13.0 Å². The molecular weight excluding hydrogens is 251 g/mol. The lowest BCUT2D eigenvalue weighted by molar-refractivity contribution is -0.101. The molecule has 2 heterocycles. The second kappa shape index (κ2) is 5.07. The second-order valence-electron chi connectivity index (χ2n) is 4.37. The van der Waals surface area contributed by atoms with Crippen molar-refractivity contribution in [3.05, 3.63) is 35.5 Å². The van der Waals surface area contributed by atoms with Gasteiger partial charge in [-0.1, -0.05) is 11.2 Å². The molecule has 0 amide bonds. The molecule has 19 heavy (non-hydrogen) atoms. The number of aryl methyl sites for hydroxylation is 1. The summed E-state index contributed by atoms with van der Waals surface area (Å²) in [4.78, 5) is 4.17. The zero-order valence-electron chi connectivity index (χ0n) is 10.4. The molecule has 0 saturated carbocycles. The summed E-state index contributed by atoms with van der Waals surface area (Å²) in [5, 5.41) is 3.79. The molecule has 3 rings (SSSR count). The van der Waals surface area contributed by atoms with Crippen LogP contribution in [0.1, 0.15) is 17.6 Å². The maximum atomic E-state index is 13.8. The van der Waals surface area contributed by atoms with Crippen molar-refractivity contribution in [3.63, 3.8) is 0 Å². The molecule has 6 heteroatoms. The second-order valence-corrected chi connectivity index (χ2v) is 4.37. The van der Waals surface area contributed by atoms with Crippen molar-refractivity contribution in [1.82, 2.24) is 10.1 Å². The lowest BCUT2D eigenvalue weighted by atomic mass is 10.1. The summed E-state index contributed by atoms with van der Waals surface area (Å²) in [7, 11) is 0. The number of ether oxygens (including phenoxy) is 2. The van der Waals surface area contributed by atoms with Crippen LogP contribution in [0.4, 0.5) is 4.39 Å². The van der Waals surface area contributed by atoms with E-state index in [-0.39, 0.29) is 17.7 Å². The molecule has 0 bridgehead atoms. The normalized spacial score (nSPS) is 19.6. The van der Waals surface area contributed by atoms with E-state index >= 15 is 0 Å². The smallest absolute Gasteiger partial charge is 0.258 e. The van der Waals surface area contributed by atoms with E-state index in [1.807, 2.05) is 6.92 Å². The third kappa shape index (κ3) is 2.50. The van der Waals surface area contributed by atoms with Gasteiger partial charge in [0.2, 0.25) is 5.82 Å². The Hall–Kier alpha value is -1.79. The fourth-order valence-electron chi connectivity index (χ4n) is 1.91. The van der Waals surface area contributed by atoms with Crippen LogP contribution in [-0.2, 0) is 9.47 Å². The standard InChI is InChI=1S/C13H13FN2O3/c1-8-2-3-9(10(14)6-8)12-15-13(19-16-12)11-7-17-4-5-18-11/h2-3,6,11H,4-5,7H2,1H3/t11-/m0/s1. The van der Waals surface area contributed by atoms with Gasteiger partial charge >= 0.3 is 0 Å². The van der Waals surface area contributed by atoms with Gasteiger partial charge in [-0.25, -0.2) is 4.39 Å². The molecule has 5 nitrogen and oxygen atoms in total. The molecule has 1 fully saturated rings. The Morgan fingerprint density at radius 2 is 2.21 bits per heavy atom. The van der Waals surface area contributed by atoms with E-state index in [1.54, 1.807) is 12.1 Å². The summed E-state index contributed by atoms with van der Waals surface area (Å²) in [5.41, 5.74) is 1.16. The Labute approximate surface area is 109 Å². The molecule has 0 unspecified atom stereocenters. The average molecular weight is 264 g/mol. The maximum absolute atomic E-state index is 13.8. The molecule has 2 aromatic rings. The van der Waals surface area contributed by atoms with Gasteiger partial charge in [0, 0.05) is 0 Å². The predicted molar refractivity (Wildman–Crippen MR) is 63.9 cm³/mol. The van der Waals surface area contributed by atoms with Gasteiger partial charge in [0.15, 0.2) is 6.10 Å². The molecular formula is C13H13FN2O3. The van der Waals surface area contributed by atoms with Gasteiger partial charge in [0.05, 0.1) is 25.4 Å². The van der Waals surface area contributed by atoms with Crippen molar-refractivity contribution >= 4 is 0 Å². The highest BCUT2D eigenvalue weighted by molar-refractivity contribution is 5.55. The van der Waals surface area contributed by atoms with Crippen molar-refractivity contribution < 1.29 is 18.4 Å². The molecule has 1 saturated heterocycles. The molecule has 1 atom stereocenters. The minimum Gasteiger partial charge on any atom is -0.376 e. The van der Waals surface area contributed by atoms with E-state index in [0.29, 0.717) is 31.3 Å². The lowest BCUT2D eigenvalue weighted by Crippen LogP contribution is -2.22. The molecule has 0 radical (unpaired) electrons. The largest absolute Gasteiger partial charge is 0.376 e. The molecule has 1 aromatic heterocycles. The Morgan fingerprint density at radius 3 is 2.95 bits per heavy atom. The topological polar surface area (TPSA) is 57.4 Å². The fraction of sp³-hybridized carbons (Fsp3) is 0.385. The van der Waals surface area contributed by atoms with Crippen LogP contribution in [0.3, 0.4) is 0 Å². The van der Waals surface area contributed by atoms with Gasteiger partial charge in [-0.05, 0) is 24.6 Å². The Kier molecular flexibility index (Phi) is 3.27. The van der Waals surface area contributed by atoms with Gasteiger partial charge in [-0.2, -0.15) is 4.98 Å². The first-order valence-corrected chi connectivity index (χ1v) is 6.03. The van der Waals surface area contributed by atoms with E-state index in [1.165, 1.54) is 6.07 Å². The zero-order valence-corrected chi connectivity index (χ0v) is 10.4. The van der Waals surface area contributed by atoms with Crippen LogP contribution in [0.5, 0.6) is 0 Å². The first-order valence-electron chi connectivity index (χ1n) is 6.03. The van der Waals surface area contributed by atoms with Gasteiger partial charge in [0.25, 0.3) is 5.89 Å². The first-order chi connectivity index (χ1) is 9.24. The first kappa shape index (κ1) is 12.3. The maximum Gasteiger partial charge on any atom is 0.258 e. The molecule has 0 spiro atoms. The summed E-state index contributed by atoms with van der Waals surface area (Å²) < 4.78 is 29.6. The predicted octanol–water partition coefficient (Wildman–Crippen LogP) is 2.27. The van der Waals surface area contributed by atoms with Gasteiger partial charge in [0.1, 0.15) is 5.82 Å². The molecule has 0 aliphatic carbocycles. The molecule has 0 N–H and O–H groups in total. The van der Waals surface area contributed by atoms with Crippen LogP contribution in [-0.4, -0.2) is 30.0 Å². The zero-order chi connectivity index (χ0) is 13.2. The van der Waals surface area contributed by atoms with Gasteiger partial charge in [-0.15, -0.1) is 0 Å². The summed E-state index contributed by atoms with van der Waals surface area (Å²) in [5.74, 6) is 0.171. The monoisotopic (exact) mass is 264 g/mol. The SMILES string of the molecule is Cc1ccc(-c2noc([C@@H]3COCCO3)n2)c(F)c1. The number of rotatable bonds is 2. The van der Waals surface area contributed by atoms with Crippen LogP contribution in [0.25, 0.3) is 11.4 Å². The van der Waals surface area contributed by atoms with E-state index in [9.17, 15) is 4.39 Å². The Morgan fingerprint density at radius 1 is 1.32 bits per heavy atom. The summed E-state index contributed by atoms with van der Waals surface area (Å²) >= 11 is 0. The Balaban J connectivity index is 1.87. The highest BCUT2D eigenvalue weighted by Crippen LogP contribution is 2.24. The number of hydrogen-bond donors (Lipinski definition) is 0. The van der Waals surface area contributed by atoms with Crippen LogP contribution in [0, 0.1) is 12.7 Å². The molecule has 1 aromatic carbocycles. The number of nitrogens with zero attached hydrogens (tertiary/aromatic N) is 2. The van der Waals surface area contributed by atoms with E-state index in [0.717, 1.165) is 5.56 Å². The van der Waals surface area contributed by atoms with Crippen molar-refractivity contribution in [2.75, 3.05) is 19.8 Å². The third-order valence-electron chi connectivity index (χ3n) is 2.90. The lowest BCUT2D eigenvalue weighted by Gasteiger charge is -2.19. The molecule has 1 aliphatic heterocycles. The quantitative estimate of drug-likeness (QED) is 0.832. The van der Waals surface area contributed by atoms with Crippen LogP contribution >= 0.6 is 0 Å². The highest BCUT2D eigenvalue weighted by Gasteiger charge is 2.24. The average Bonchev–Trinajstić information content (AvgIpc) is 2.89. The van der Waals surface area contributed by atoms with Crippen LogP contribution in [0.15, 0.2) is 22.7 Å². The summed E-state index contributed by atoms with van der Waals surface area (Å²) in [6.45, 7) is 3.24. The van der Waals surface area contributed by atoms with E-state index in [2.05, 4.69) is 10.1 Å². The van der Waals surface area contributed by atoms with Crippen molar-refractivity contribution in [1.29, 1.82) is 0 Å².